The number of H-pyrrole nitrogens is 1. The molecule has 0 radical (unpaired) electrons. The fourth-order valence-corrected chi connectivity index (χ4v) is 3.18. The van der Waals surface area contributed by atoms with Gasteiger partial charge < -0.3 is 10.7 Å². The summed E-state index contributed by atoms with van der Waals surface area (Å²) in [5.41, 5.74) is 6.62. The third-order valence-electron chi connectivity index (χ3n) is 2.51. The van der Waals surface area contributed by atoms with Crippen LogP contribution in [-0.2, 0) is 16.6 Å². The molecule has 0 saturated heterocycles. The summed E-state index contributed by atoms with van der Waals surface area (Å²) in [4.78, 5) is 6.72. The molecule has 4 N–H and O–H groups in total. The quantitative estimate of drug-likeness (QED) is 0.715. The third kappa shape index (κ3) is 3.34. The highest BCUT2D eigenvalue weighted by Crippen LogP contribution is 2.22. The summed E-state index contributed by atoms with van der Waals surface area (Å²) in [7, 11) is -3.72. The number of nitrogens with two attached hydrogens (primary N) is 1. The molecule has 0 bridgehead atoms. The SMILES string of the molecule is NC(=S)c1ccc(S(=O)(=O)NCc2cnc[nH]2)c(Cl)c1. The van der Waals surface area contributed by atoms with E-state index in [0.717, 1.165) is 0 Å². The number of rotatable bonds is 5. The van der Waals surface area contributed by atoms with E-state index < -0.39 is 10.0 Å². The molecule has 2 rings (SSSR count). The summed E-state index contributed by atoms with van der Waals surface area (Å²) in [6.45, 7) is 0.0930. The van der Waals surface area contributed by atoms with Crippen molar-refractivity contribution in [1.29, 1.82) is 0 Å². The van der Waals surface area contributed by atoms with Crippen molar-refractivity contribution >= 4 is 38.8 Å². The standard InChI is InChI=1S/C11H11ClN4O2S2/c12-9-3-7(11(13)19)1-2-10(9)20(17,18)16-5-8-4-14-6-15-8/h1-4,6,16H,5H2,(H2,13,19)(H,14,15). The number of thiocarbonyl (C=S) groups is 1. The van der Waals surface area contributed by atoms with Crippen molar-refractivity contribution in [2.45, 2.75) is 11.4 Å². The molecule has 0 saturated carbocycles. The number of aromatic nitrogens is 2. The van der Waals surface area contributed by atoms with Crippen LogP contribution in [0.1, 0.15) is 11.3 Å². The fourth-order valence-electron chi connectivity index (χ4n) is 1.50. The third-order valence-corrected chi connectivity index (χ3v) is 4.63. The van der Waals surface area contributed by atoms with Gasteiger partial charge in [-0.05, 0) is 12.1 Å². The minimum Gasteiger partial charge on any atom is -0.389 e. The number of halogens is 1. The zero-order chi connectivity index (χ0) is 14.8. The molecule has 0 spiro atoms. The number of aromatic amines is 1. The maximum absolute atomic E-state index is 12.1. The minimum atomic E-state index is -3.72. The lowest BCUT2D eigenvalue weighted by Crippen LogP contribution is -2.24. The number of sulfonamides is 1. The summed E-state index contributed by atoms with van der Waals surface area (Å²) in [5.74, 6) is 0. The molecule has 9 heteroatoms. The van der Waals surface area contributed by atoms with Crippen LogP contribution in [0.25, 0.3) is 0 Å². The molecular weight excluding hydrogens is 320 g/mol. The van der Waals surface area contributed by atoms with Crippen molar-refractivity contribution in [3.05, 3.63) is 47.0 Å². The smallest absolute Gasteiger partial charge is 0.242 e. The molecular formula is C11H11ClN4O2S2. The summed E-state index contributed by atoms with van der Waals surface area (Å²) in [6, 6.07) is 4.31. The Balaban J connectivity index is 2.23. The first-order valence-electron chi connectivity index (χ1n) is 5.46. The van der Waals surface area contributed by atoms with E-state index in [1.54, 1.807) is 0 Å². The largest absolute Gasteiger partial charge is 0.389 e. The Morgan fingerprint density at radius 2 is 2.25 bits per heavy atom. The van der Waals surface area contributed by atoms with Crippen molar-refractivity contribution in [3.63, 3.8) is 0 Å². The van der Waals surface area contributed by atoms with Crippen LogP contribution in [0.5, 0.6) is 0 Å². The van der Waals surface area contributed by atoms with Gasteiger partial charge in [-0.1, -0.05) is 29.9 Å². The number of benzene rings is 1. The fraction of sp³-hybridized carbons (Fsp3) is 0.0909. The number of hydrogen-bond donors (Lipinski definition) is 3. The lowest BCUT2D eigenvalue weighted by Gasteiger charge is -2.08. The van der Waals surface area contributed by atoms with Crippen molar-refractivity contribution in [2.75, 3.05) is 0 Å². The van der Waals surface area contributed by atoms with Gasteiger partial charge in [0.2, 0.25) is 10.0 Å². The highest BCUT2D eigenvalue weighted by Gasteiger charge is 2.18. The van der Waals surface area contributed by atoms with Crippen LogP contribution in [-0.4, -0.2) is 23.4 Å². The van der Waals surface area contributed by atoms with E-state index in [1.807, 2.05) is 0 Å². The van der Waals surface area contributed by atoms with Gasteiger partial charge in [-0.25, -0.2) is 18.1 Å². The Bertz CT molecular complexity index is 729. The summed E-state index contributed by atoms with van der Waals surface area (Å²) in [5, 5.41) is 0.0624. The molecule has 0 amide bonds. The molecule has 0 unspecified atom stereocenters. The first-order chi connectivity index (χ1) is 9.40. The Kier molecular flexibility index (Phi) is 4.39. The molecule has 0 aliphatic heterocycles. The van der Waals surface area contributed by atoms with Gasteiger partial charge in [0.05, 0.1) is 17.9 Å². The highest BCUT2D eigenvalue weighted by molar-refractivity contribution is 7.89. The maximum Gasteiger partial charge on any atom is 0.242 e. The molecule has 1 heterocycles. The van der Waals surface area contributed by atoms with Gasteiger partial charge in [0.15, 0.2) is 0 Å². The van der Waals surface area contributed by atoms with Crippen LogP contribution < -0.4 is 10.5 Å². The second-order valence-electron chi connectivity index (χ2n) is 3.91. The monoisotopic (exact) mass is 330 g/mol. The average molecular weight is 331 g/mol. The first-order valence-corrected chi connectivity index (χ1v) is 7.73. The number of imidazole rings is 1. The zero-order valence-corrected chi connectivity index (χ0v) is 12.5. The molecule has 0 fully saturated rings. The number of nitrogens with zero attached hydrogens (tertiary/aromatic N) is 1. The minimum absolute atomic E-state index is 0.0290. The van der Waals surface area contributed by atoms with E-state index in [9.17, 15) is 8.42 Å². The molecule has 0 atom stereocenters. The van der Waals surface area contributed by atoms with Gasteiger partial charge in [0, 0.05) is 17.5 Å². The van der Waals surface area contributed by atoms with Crippen molar-refractivity contribution in [1.82, 2.24) is 14.7 Å². The first kappa shape index (κ1) is 14.9. The Morgan fingerprint density at radius 1 is 1.50 bits per heavy atom. The molecule has 6 nitrogen and oxygen atoms in total. The van der Waals surface area contributed by atoms with Gasteiger partial charge in [-0.15, -0.1) is 0 Å². The second kappa shape index (κ2) is 5.88. The average Bonchev–Trinajstić information content (AvgIpc) is 2.89. The van der Waals surface area contributed by atoms with Gasteiger partial charge in [0.25, 0.3) is 0 Å². The van der Waals surface area contributed by atoms with Gasteiger partial charge in [0.1, 0.15) is 9.88 Å². The van der Waals surface area contributed by atoms with Gasteiger partial charge in [-0.2, -0.15) is 0 Å². The van der Waals surface area contributed by atoms with E-state index in [1.165, 1.54) is 30.7 Å². The van der Waals surface area contributed by atoms with E-state index >= 15 is 0 Å². The Hall–Kier alpha value is -1.48. The van der Waals surface area contributed by atoms with Crippen molar-refractivity contribution in [2.24, 2.45) is 5.73 Å². The van der Waals surface area contributed by atoms with Gasteiger partial charge in [-0.3, -0.25) is 0 Å². The van der Waals surface area contributed by atoms with Crippen LogP contribution in [0, 0.1) is 0 Å². The second-order valence-corrected chi connectivity index (χ2v) is 6.49. The van der Waals surface area contributed by atoms with E-state index in [-0.39, 0.29) is 21.5 Å². The molecule has 2 aromatic rings. The zero-order valence-electron chi connectivity index (χ0n) is 10.1. The Morgan fingerprint density at radius 3 is 2.80 bits per heavy atom. The van der Waals surface area contributed by atoms with Gasteiger partial charge >= 0.3 is 0 Å². The Labute approximate surface area is 126 Å². The topological polar surface area (TPSA) is 101 Å². The van der Waals surface area contributed by atoms with Crippen LogP contribution >= 0.6 is 23.8 Å². The maximum atomic E-state index is 12.1. The molecule has 1 aromatic heterocycles. The lowest BCUT2D eigenvalue weighted by molar-refractivity contribution is 0.580. The predicted octanol–water partition coefficient (Wildman–Crippen LogP) is 1.18. The van der Waals surface area contributed by atoms with E-state index in [0.29, 0.717) is 11.3 Å². The van der Waals surface area contributed by atoms with Crippen molar-refractivity contribution < 1.29 is 8.42 Å². The summed E-state index contributed by atoms with van der Waals surface area (Å²) >= 11 is 10.8. The lowest BCUT2D eigenvalue weighted by atomic mass is 10.2. The van der Waals surface area contributed by atoms with Crippen LogP contribution in [0.4, 0.5) is 0 Å². The van der Waals surface area contributed by atoms with Crippen molar-refractivity contribution in [3.8, 4) is 0 Å². The number of nitrogens with one attached hydrogen (secondary N) is 2. The molecule has 1 aromatic carbocycles. The van der Waals surface area contributed by atoms with Crippen LogP contribution in [0.2, 0.25) is 5.02 Å². The predicted molar refractivity (Wildman–Crippen MR) is 80.0 cm³/mol. The normalized spacial score (nSPS) is 11.4. The molecule has 0 aliphatic rings. The summed E-state index contributed by atoms with van der Waals surface area (Å²) < 4.78 is 26.7. The molecule has 20 heavy (non-hydrogen) atoms. The molecule has 0 aliphatic carbocycles. The van der Waals surface area contributed by atoms with E-state index in [2.05, 4.69) is 14.7 Å². The van der Waals surface area contributed by atoms with Crippen LogP contribution in [0.15, 0.2) is 35.6 Å². The highest BCUT2D eigenvalue weighted by atomic mass is 35.5. The number of hydrogen-bond acceptors (Lipinski definition) is 4. The summed E-state index contributed by atoms with van der Waals surface area (Å²) in [6.07, 6.45) is 2.99. The molecule has 106 valence electrons. The van der Waals surface area contributed by atoms with E-state index in [4.69, 9.17) is 29.6 Å². The van der Waals surface area contributed by atoms with Crippen LogP contribution in [0.3, 0.4) is 0 Å².